The number of allylic oxidation sites excluding steroid dienone is 1. The Hall–Kier alpha value is -0.123. The maximum absolute atomic E-state index is 10.1. The fraction of sp³-hybridized carbons (Fsp3) is 0.933. The van der Waals surface area contributed by atoms with Gasteiger partial charge in [0.2, 0.25) is 0 Å². The molecule has 0 saturated heterocycles. The first-order valence-electron chi connectivity index (χ1n) is 14.7. The van der Waals surface area contributed by atoms with Gasteiger partial charge in [-0.1, -0.05) is 91.7 Å². The van der Waals surface area contributed by atoms with Gasteiger partial charge < -0.3 is 9.53 Å². The number of hydrogen-bond donors (Lipinski definition) is 1. The summed E-state index contributed by atoms with van der Waals surface area (Å²) in [5, 5.41) is 10.1. The molecule has 5 atom stereocenters. The largest absolute Gasteiger partial charge is 0.414 e. The van der Waals surface area contributed by atoms with Gasteiger partial charge in [-0.15, -0.1) is 0 Å². The molecule has 2 rings (SSSR count). The number of aliphatic hydroxyl groups is 1. The van der Waals surface area contributed by atoms with E-state index in [1.54, 1.807) is 0 Å². The minimum atomic E-state index is -1.67. The minimum absolute atomic E-state index is 0.418. The summed E-state index contributed by atoms with van der Waals surface area (Å²) in [6.07, 6.45) is 20.6. The van der Waals surface area contributed by atoms with Crippen molar-refractivity contribution in [2.24, 2.45) is 23.2 Å². The lowest BCUT2D eigenvalue weighted by atomic mass is 9.62. The van der Waals surface area contributed by atoms with E-state index in [4.69, 9.17) is 4.43 Å². The van der Waals surface area contributed by atoms with Gasteiger partial charge in [0.15, 0.2) is 8.32 Å². The van der Waals surface area contributed by atoms with Crippen LogP contribution in [0.5, 0.6) is 0 Å². The van der Waals surface area contributed by atoms with Crippen molar-refractivity contribution in [1.29, 1.82) is 0 Å². The zero-order valence-corrected chi connectivity index (χ0v) is 24.4. The number of hydrogen-bond acceptors (Lipinski definition) is 2. The van der Waals surface area contributed by atoms with Gasteiger partial charge in [0.25, 0.3) is 0 Å². The summed E-state index contributed by atoms with van der Waals surface area (Å²) in [6.45, 7) is 15.9. The quantitative estimate of drug-likeness (QED) is 0.188. The van der Waals surface area contributed by atoms with Gasteiger partial charge in [-0.2, -0.15) is 0 Å². The molecular weight excluding hydrogens is 420 g/mol. The van der Waals surface area contributed by atoms with E-state index in [0.717, 1.165) is 18.3 Å². The average molecular weight is 479 g/mol. The molecule has 33 heavy (non-hydrogen) atoms. The molecule has 0 aromatic heterocycles. The van der Waals surface area contributed by atoms with Gasteiger partial charge in [-0.05, 0) is 87.3 Å². The summed E-state index contributed by atoms with van der Waals surface area (Å²) < 4.78 is 7.51. The van der Waals surface area contributed by atoms with Gasteiger partial charge in [-0.3, -0.25) is 0 Å². The van der Waals surface area contributed by atoms with Crippen LogP contribution < -0.4 is 0 Å². The first-order valence-corrected chi connectivity index (χ1v) is 17.2. The molecule has 2 fully saturated rings. The Morgan fingerprint density at radius 1 is 1.00 bits per heavy atom. The zero-order chi connectivity index (χ0) is 24.5. The number of unbranched alkanes of at least 4 members (excludes halogenated alkanes) is 3. The van der Waals surface area contributed by atoms with Crippen molar-refractivity contribution in [3.63, 3.8) is 0 Å². The van der Waals surface area contributed by atoms with Crippen LogP contribution in [0, 0.1) is 23.2 Å². The van der Waals surface area contributed by atoms with Crippen molar-refractivity contribution in [3.8, 4) is 0 Å². The maximum Gasteiger partial charge on any atom is 0.193 e. The molecule has 0 heterocycles. The molecule has 0 aliphatic heterocycles. The summed E-state index contributed by atoms with van der Waals surface area (Å²) in [5.41, 5.74) is -0.187. The Balaban J connectivity index is 2.17. The summed E-state index contributed by atoms with van der Waals surface area (Å²) in [4.78, 5) is 0. The lowest BCUT2D eigenvalue weighted by Gasteiger charge is -2.49. The Kier molecular flexibility index (Phi) is 11.7. The fourth-order valence-corrected chi connectivity index (χ4v) is 12.3. The van der Waals surface area contributed by atoms with E-state index >= 15 is 0 Å². The molecule has 2 aliphatic carbocycles. The minimum Gasteiger partial charge on any atom is -0.414 e. The van der Waals surface area contributed by atoms with Crippen molar-refractivity contribution >= 4 is 8.32 Å². The monoisotopic (exact) mass is 478 g/mol. The lowest BCUT2D eigenvalue weighted by molar-refractivity contribution is -0.0158. The van der Waals surface area contributed by atoms with Gasteiger partial charge in [0.05, 0.1) is 5.60 Å². The summed E-state index contributed by atoms with van der Waals surface area (Å²) in [7, 11) is -1.67. The van der Waals surface area contributed by atoms with Gasteiger partial charge in [0, 0.05) is 6.10 Å². The van der Waals surface area contributed by atoms with Crippen LogP contribution in [0.25, 0.3) is 0 Å². The average Bonchev–Trinajstić information content (AvgIpc) is 3.11. The molecule has 1 N–H and O–H groups in total. The van der Waals surface area contributed by atoms with Crippen LogP contribution in [-0.4, -0.2) is 25.1 Å². The first-order chi connectivity index (χ1) is 15.6. The van der Waals surface area contributed by atoms with E-state index in [1.807, 2.05) is 13.8 Å². The molecule has 2 nitrogen and oxygen atoms in total. The molecule has 0 radical (unpaired) electrons. The topological polar surface area (TPSA) is 29.5 Å². The molecule has 0 amide bonds. The number of rotatable bonds is 15. The molecule has 3 heteroatoms. The van der Waals surface area contributed by atoms with Gasteiger partial charge in [-0.25, -0.2) is 0 Å². The van der Waals surface area contributed by atoms with E-state index < -0.39 is 13.9 Å². The maximum atomic E-state index is 10.1. The Morgan fingerprint density at radius 3 is 2.09 bits per heavy atom. The van der Waals surface area contributed by atoms with E-state index in [-0.39, 0.29) is 0 Å². The third-order valence-electron chi connectivity index (χ3n) is 9.19. The second-order valence-corrected chi connectivity index (χ2v) is 16.7. The van der Waals surface area contributed by atoms with E-state index in [2.05, 4.69) is 46.8 Å². The van der Waals surface area contributed by atoms with Crippen LogP contribution in [0.1, 0.15) is 126 Å². The highest BCUT2D eigenvalue weighted by Gasteiger charge is 2.53. The van der Waals surface area contributed by atoms with Crippen molar-refractivity contribution < 1.29 is 9.53 Å². The molecule has 0 bridgehead atoms. The van der Waals surface area contributed by atoms with Crippen LogP contribution >= 0.6 is 0 Å². The fourth-order valence-electron chi connectivity index (χ4n) is 7.24. The highest BCUT2D eigenvalue weighted by atomic mass is 28.4. The summed E-state index contributed by atoms with van der Waals surface area (Å²) >= 11 is 0. The second-order valence-electron chi connectivity index (χ2n) is 12.6. The highest BCUT2D eigenvalue weighted by Crippen LogP contribution is 2.59. The molecule has 0 aromatic carbocycles. The Morgan fingerprint density at radius 2 is 1.58 bits per heavy atom. The SMILES string of the molecule is CCCC[Si](CCCC)(CCCC)O[C@H]1CCC[C@]2(C)C(C(C)/C=C/CC(C)(C)O)CCC12. The first kappa shape index (κ1) is 29.1. The van der Waals surface area contributed by atoms with Crippen molar-refractivity contribution in [1.82, 2.24) is 0 Å². The van der Waals surface area contributed by atoms with E-state index in [1.165, 1.54) is 88.8 Å². The van der Waals surface area contributed by atoms with Crippen molar-refractivity contribution in [3.05, 3.63) is 12.2 Å². The standard InChI is InChI=1S/C30H58O2Si/c1-8-11-22-33(23-12-9-2,24-13-10-3)32-28-17-15-21-30(7)26(18-19-27(28)30)25(4)16-14-20-29(5,6)31/h14,16,25-28,31H,8-13,15,17-24H2,1-7H3/b16-14+/t25?,26?,27?,28-,30+/m0/s1. The molecular formula is C30H58O2Si. The molecule has 194 valence electrons. The van der Waals surface area contributed by atoms with E-state index in [9.17, 15) is 5.11 Å². The van der Waals surface area contributed by atoms with Crippen LogP contribution in [0.15, 0.2) is 12.2 Å². The predicted octanol–water partition coefficient (Wildman–Crippen LogP) is 9.29. The Bertz CT molecular complexity index is 559. The third-order valence-corrected chi connectivity index (χ3v) is 13.8. The summed E-state index contributed by atoms with van der Waals surface area (Å²) in [6, 6.07) is 4.18. The van der Waals surface area contributed by atoms with Gasteiger partial charge in [0.1, 0.15) is 0 Å². The Labute approximate surface area is 208 Å². The number of fused-ring (bicyclic) bond motifs is 1. The zero-order valence-electron chi connectivity index (χ0n) is 23.4. The van der Waals surface area contributed by atoms with Crippen LogP contribution in [-0.2, 0) is 4.43 Å². The lowest BCUT2D eigenvalue weighted by Crippen LogP contribution is -2.49. The van der Waals surface area contributed by atoms with Crippen molar-refractivity contribution in [2.75, 3.05) is 0 Å². The molecule has 0 spiro atoms. The van der Waals surface area contributed by atoms with E-state index in [0.29, 0.717) is 17.4 Å². The van der Waals surface area contributed by atoms with Gasteiger partial charge >= 0.3 is 0 Å². The predicted molar refractivity (Wildman–Crippen MR) is 147 cm³/mol. The smallest absolute Gasteiger partial charge is 0.193 e. The van der Waals surface area contributed by atoms with Crippen molar-refractivity contribution in [2.45, 2.75) is 155 Å². The normalized spacial score (nSPS) is 29.5. The molecule has 3 unspecified atom stereocenters. The highest BCUT2D eigenvalue weighted by molar-refractivity contribution is 6.73. The van der Waals surface area contributed by atoms with Crippen LogP contribution in [0.3, 0.4) is 0 Å². The molecule has 2 aliphatic rings. The van der Waals surface area contributed by atoms with Crippen LogP contribution in [0.4, 0.5) is 0 Å². The third kappa shape index (κ3) is 8.21. The summed E-state index contributed by atoms with van der Waals surface area (Å²) in [5.74, 6) is 2.09. The molecule has 2 saturated carbocycles. The second kappa shape index (κ2) is 13.3. The molecule has 0 aromatic rings. The van der Waals surface area contributed by atoms with Crippen LogP contribution in [0.2, 0.25) is 18.1 Å².